The summed E-state index contributed by atoms with van der Waals surface area (Å²) in [5.74, 6) is -2.55. The molecule has 0 aromatic heterocycles. The van der Waals surface area contributed by atoms with Crippen LogP contribution in [0.1, 0.15) is 29.6 Å². The lowest BCUT2D eigenvalue weighted by molar-refractivity contribution is -0.155. The lowest BCUT2D eigenvalue weighted by Crippen LogP contribution is -2.55. The number of halogens is 1. The summed E-state index contributed by atoms with van der Waals surface area (Å²) in [4.78, 5) is 36.6. The highest BCUT2D eigenvalue weighted by atomic mass is 19.1. The summed E-state index contributed by atoms with van der Waals surface area (Å²) in [6.45, 7) is 3.40. The smallest absolute Gasteiger partial charge is 0.274 e. The van der Waals surface area contributed by atoms with Crippen molar-refractivity contribution in [2.45, 2.75) is 24.9 Å². The van der Waals surface area contributed by atoms with Crippen LogP contribution in [0.5, 0.6) is 0 Å². The Morgan fingerprint density at radius 3 is 2.60 bits per heavy atom. The van der Waals surface area contributed by atoms with Crippen LogP contribution >= 0.6 is 0 Å². The van der Waals surface area contributed by atoms with E-state index in [0.29, 0.717) is 4.90 Å². The van der Waals surface area contributed by atoms with Crippen molar-refractivity contribution in [1.29, 1.82) is 0 Å². The zero-order chi connectivity index (χ0) is 14.8. The summed E-state index contributed by atoms with van der Waals surface area (Å²) in [5, 5.41) is 0. The fourth-order valence-electron chi connectivity index (χ4n) is 2.17. The molecule has 1 saturated heterocycles. The molecule has 1 atom stereocenters. The summed E-state index contributed by atoms with van der Waals surface area (Å²) >= 11 is 0. The molecule has 20 heavy (non-hydrogen) atoms. The molecule has 0 bridgehead atoms. The SMILES string of the molecule is C=CC[C@]1(F)CCC(=O)N(C(=O)c2ccccc2)C1=O. The molecular weight excluding hydrogens is 261 g/mol. The van der Waals surface area contributed by atoms with E-state index < -0.39 is 23.4 Å². The fraction of sp³-hybridized carbons (Fsp3) is 0.267. The van der Waals surface area contributed by atoms with Gasteiger partial charge in [0.2, 0.25) is 5.91 Å². The van der Waals surface area contributed by atoms with E-state index in [2.05, 4.69) is 6.58 Å². The lowest BCUT2D eigenvalue weighted by Gasteiger charge is -2.33. The number of piperidine rings is 1. The standard InChI is InChI=1S/C15H14FNO3/c1-2-9-15(16)10-8-12(18)17(14(15)20)13(19)11-6-4-3-5-7-11/h2-7H,1,8-10H2/t15-/m0/s1. The van der Waals surface area contributed by atoms with Crippen LogP contribution < -0.4 is 0 Å². The minimum absolute atomic E-state index is 0.172. The van der Waals surface area contributed by atoms with Gasteiger partial charge in [-0.3, -0.25) is 14.4 Å². The molecule has 4 nitrogen and oxygen atoms in total. The normalized spacial score (nSPS) is 22.8. The Kier molecular flexibility index (Phi) is 3.79. The Labute approximate surface area is 115 Å². The van der Waals surface area contributed by atoms with Crippen molar-refractivity contribution in [3.63, 3.8) is 0 Å². The number of imide groups is 3. The van der Waals surface area contributed by atoms with Crippen LogP contribution in [0.2, 0.25) is 0 Å². The van der Waals surface area contributed by atoms with Crippen LogP contribution in [0, 0.1) is 0 Å². The highest BCUT2D eigenvalue weighted by Crippen LogP contribution is 2.31. The van der Waals surface area contributed by atoms with E-state index in [-0.39, 0.29) is 24.8 Å². The quantitative estimate of drug-likeness (QED) is 0.628. The van der Waals surface area contributed by atoms with Crippen LogP contribution in [0.4, 0.5) is 4.39 Å². The third-order valence-corrected chi connectivity index (χ3v) is 3.26. The molecule has 3 amide bonds. The van der Waals surface area contributed by atoms with Crippen molar-refractivity contribution < 1.29 is 18.8 Å². The monoisotopic (exact) mass is 275 g/mol. The molecule has 0 N–H and O–H groups in total. The summed E-state index contributed by atoms with van der Waals surface area (Å²) in [6, 6.07) is 7.88. The van der Waals surface area contributed by atoms with E-state index in [9.17, 15) is 18.8 Å². The van der Waals surface area contributed by atoms with Gasteiger partial charge in [-0.05, 0) is 18.6 Å². The van der Waals surface area contributed by atoms with Crippen molar-refractivity contribution in [3.05, 3.63) is 48.6 Å². The van der Waals surface area contributed by atoms with Gasteiger partial charge in [-0.1, -0.05) is 24.3 Å². The number of allylic oxidation sites excluding steroid dienone is 1. The summed E-state index contributed by atoms with van der Waals surface area (Å²) in [7, 11) is 0. The average Bonchev–Trinajstić information content (AvgIpc) is 2.45. The maximum absolute atomic E-state index is 14.5. The van der Waals surface area contributed by atoms with Gasteiger partial charge in [-0.15, -0.1) is 6.58 Å². The first-order chi connectivity index (χ1) is 9.49. The molecular formula is C15H14FNO3. The van der Waals surface area contributed by atoms with Gasteiger partial charge in [0.1, 0.15) is 0 Å². The Morgan fingerprint density at radius 1 is 1.35 bits per heavy atom. The largest absolute Gasteiger partial charge is 0.274 e. The van der Waals surface area contributed by atoms with Gasteiger partial charge in [-0.2, -0.15) is 0 Å². The molecule has 0 radical (unpaired) electrons. The van der Waals surface area contributed by atoms with E-state index in [4.69, 9.17) is 0 Å². The number of likely N-dealkylation sites (tertiary alicyclic amines) is 1. The Hall–Kier alpha value is -2.30. The van der Waals surface area contributed by atoms with Crippen LogP contribution in [-0.2, 0) is 9.59 Å². The molecule has 0 spiro atoms. The zero-order valence-corrected chi connectivity index (χ0v) is 10.8. The molecule has 0 unspecified atom stereocenters. The molecule has 1 aromatic carbocycles. The highest BCUT2D eigenvalue weighted by molar-refractivity contribution is 6.19. The van der Waals surface area contributed by atoms with Crippen LogP contribution in [-0.4, -0.2) is 28.3 Å². The molecule has 1 heterocycles. The summed E-state index contributed by atoms with van der Waals surface area (Å²) in [5.41, 5.74) is -2.04. The van der Waals surface area contributed by atoms with Crippen LogP contribution in [0.25, 0.3) is 0 Å². The topological polar surface area (TPSA) is 54.5 Å². The number of benzene rings is 1. The molecule has 1 aliphatic rings. The van der Waals surface area contributed by atoms with Gasteiger partial charge in [-0.25, -0.2) is 9.29 Å². The highest BCUT2D eigenvalue weighted by Gasteiger charge is 2.49. The first-order valence-electron chi connectivity index (χ1n) is 6.26. The van der Waals surface area contributed by atoms with Gasteiger partial charge in [0, 0.05) is 18.4 Å². The van der Waals surface area contributed by atoms with Gasteiger partial charge in [0.15, 0.2) is 5.67 Å². The number of amides is 3. The molecule has 1 aliphatic heterocycles. The molecule has 5 heteroatoms. The molecule has 0 aliphatic carbocycles. The number of nitrogens with zero attached hydrogens (tertiary/aromatic N) is 1. The first-order valence-corrected chi connectivity index (χ1v) is 6.26. The fourth-order valence-corrected chi connectivity index (χ4v) is 2.17. The van der Waals surface area contributed by atoms with Crippen LogP contribution in [0.3, 0.4) is 0 Å². The second kappa shape index (κ2) is 5.36. The Morgan fingerprint density at radius 2 is 2.00 bits per heavy atom. The van der Waals surface area contributed by atoms with Crippen molar-refractivity contribution in [2.75, 3.05) is 0 Å². The van der Waals surface area contributed by atoms with Crippen molar-refractivity contribution in [1.82, 2.24) is 4.90 Å². The third kappa shape index (κ3) is 2.39. The molecule has 1 aromatic rings. The van der Waals surface area contributed by atoms with Crippen molar-refractivity contribution in [2.24, 2.45) is 0 Å². The van der Waals surface area contributed by atoms with Crippen molar-refractivity contribution >= 4 is 17.7 Å². The predicted molar refractivity (Wildman–Crippen MR) is 70.5 cm³/mol. The maximum Gasteiger partial charge on any atom is 0.274 e. The number of hydrogen-bond acceptors (Lipinski definition) is 3. The minimum atomic E-state index is -2.22. The average molecular weight is 275 g/mol. The van der Waals surface area contributed by atoms with Gasteiger partial charge in [0.25, 0.3) is 11.8 Å². The third-order valence-electron chi connectivity index (χ3n) is 3.26. The predicted octanol–water partition coefficient (Wildman–Crippen LogP) is 2.26. The van der Waals surface area contributed by atoms with Crippen LogP contribution in [0.15, 0.2) is 43.0 Å². The summed E-state index contributed by atoms with van der Waals surface area (Å²) < 4.78 is 14.5. The molecule has 2 rings (SSSR count). The second-order valence-corrected chi connectivity index (χ2v) is 4.66. The number of rotatable bonds is 3. The first kappa shape index (κ1) is 14.1. The van der Waals surface area contributed by atoms with Crippen molar-refractivity contribution in [3.8, 4) is 0 Å². The second-order valence-electron chi connectivity index (χ2n) is 4.66. The maximum atomic E-state index is 14.5. The summed E-state index contributed by atoms with van der Waals surface area (Å²) in [6.07, 6.45) is 0.681. The minimum Gasteiger partial charge on any atom is -0.274 e. The lowest BCUT2D eigenvalue weighted by atomic mass is 9.89. The number of carbonyl (C=O) groups excluding carboxylic acids is 3. The molecule has 0 saturated carbocycles. The number of carbonyl (C=O) groups is 3. The molecule has 104 valence electrons. The van der Waals surface area contributed by atoms with Gasteiger partial charge in [0.05, 0.1) is 0 Å². The van der Waals surface area contributed by atoms with E-state index >= 15 is 0 Å². The van der Waals surface area contributed by atoms with Gasteiger partial charge < -0.3 is 0 Å². The number of alkyl halides is 1. The van der Waals surface area contributed by atoms with E-state index in [0.717, 1.165) is 0 Å². The molecule has 1 fully saturated rings. The van der Waals surface area contributed by atoms with E-state index in [1.54, 1.807) is 18.2 Å². The Bertz CT molecular complexity index is 570. The zero-order valence-electron chi connectivity index (χ0n) is 10.8. The van der Waals surface area contributed by atoms with E-state index in [1.807, 2.05) is 0 Å². The Balaban J connectivity index is 2.33. The van der Waals surface area contributed by atoms with Gasteiger partial charge >= 0.3 is 0 Å². The number of hydrogen-bond donors (Lipinski definition) is 0. The van der Waals surface area contributed by atoms with E-state index in [1.165, 1.54) is 18.2 Å².